The standard InChI is InChI=1S/C19H17Br2N3O3S/c1-22-19-24(23-9-11-6-12(20)7-15(21)18(11)25)16(10-28-19)14-8-13(26-2)4-5-17(14)27-3/h4-10,25H,1-3H3/b22-19?,23-9-. The Morgan fingerprint density at radius 2 is 1.93 bits per heavy atom. The maximum Gasteiger partial charge on any atom is 0.205 e. The first-order chi connectivity index (χ1) is 13.5. The number of nitrogens with zero attached hydrogens (tertiary/aromatic N) is 3. The molecule has 146 valence electrons. The minimum absolute atomic E-state index is 0.110. The predicted molar refractivity (Wildman–Crippen MR) is 119 cm³/mol. The second-order valence-corrected chi connectivity index (χ2v) is 8.18. The molecule has 0 spiro atoms. The summed E-state index contributed by atoms with van der Waals surface area (Å²) in [5.41, 5.74) is 2.18. The van der Waals surface area contributed by atoms with Crippen LogP contribution in [0.2, 0.25) is 0 Å². The molecule has 0 aliphatic heterocycles. The van der Waals surface area contributed by atoms with Crippen LogP contribution in [0.5, 0.6) is 17.2 Å². The van der Waals surface area contributed by atoms with Gasteiger partial charge in [-0.25, -0.2) is 4.68 Å². The Balaban J connectivity index is 2.16. The van der Waals surface area contributed by atoms with Crippen LogP contribution in [0.3, 0.4) is 0 Å². The molecule has 0 aliphatic carbocycles. The first-order valence-corrected chi connectivity index (χ1v) is 10.5. The molecule has 0 aliphatic rings. The molecule has 0 amide bonds. The van der Waals surface area contributed by atoms with Crippen molar-refractivity contribution in [3.63, 3.8) is 0 Å². The summed E-state index contributed by atoms with van der Waals surface area (Å²) in [6.45, 7) is 0. The number of phenols is 1. The Hall–Kier alpha value is -2.10. The number of benzene rings is 2. The third-order valence-electron chi connectivity index (χ3n) is 3.93. The largest absolute Gasteiger partial charge is 0.506 e. The van der Waals surface area contributed by atoms with Crippen LogP contribution >= 0.6 is 43.2 Å². The molecule has 0 saturated carbocycles. The molecule has 0 atom stereocenters. The Morgan fingerprint density at radius 3 is 2.61 bits per heavy atom. The third-order valence-corrected chi connectivity index (χ3v) is 5.90. The second-order valence-electron chi connectivity index (χ2n) is 5.58. The van der Waals surface area contributed by atoms with Crippen LogP contribution in [-0.4, -0.2) is 37.3 Å². The fraction of sp³-hybridized carbons (Fsp3) is 0.158. The molecule has 0 radical (unpaired) electrons. The summed E-state index contributed by atoms with van der Waals surface area (Å²) in [7, 11) is 4.94. The van der Waals surface area contributed by atoms with Gasteiger partial charge in [-0.2, -0.15) is 5.10 Å². The molecule has 1 N–H and O–H groups in total. The fourth-order valence-electron chi connectivity index (χ4n) is 2.57. The molecule has 1 heterocycles. The predicted octanol–water partition coefficient (Wildman–Crippen LogP) is 4.88. The van der Waals surface area contributed by atoms with E-state index < -0.39 is 0 Å². The smallest absolute Gasteiger partial charge is 0.205 e. The molecular formula is C19H17Br2N3O3S. The molecule has 6 nitrogen and oxygen atoms in total. The van der Waals surface area contributed by atoms with Gasteiger partial charge in [0, 0.05) is 28.0 Å². The average Bonchev–Trinajstić information content (AvgIpc) is 3.11. The molecule has 1 aromatic heterocycles. The van der Waals surface area contributed by atoms with Crippen molar-refractivity contribution in [3.8, 4) is 28.5 Å². The van der Waals surface area contributed by atoms with E-state index in [9.17, 15) is 5.11 Å². The van der Waals surface area contributed by atoms with Crippen LogP contribution in [0, 0.1) is 0 Å². The highest BCUT2D eigenvalue weighted by molar-refractivity contribution is 9.11. The molecule has 0 unspecified atom stereocenters. The molecule has 3 aromatic rings. The number of methoxy groups -OCH3 is 2. The van der Waals surface area contributed by atoms with Crippen molar-refractivity contribution in [2.24, 2.45) is 10.1 Å². The number of rotatable bonds is 5. The van der Waals surface area contributed by atoms with Gasteiger partial charge < -0.3 is 14.6 Å². The fourth-order valence-corrected chi connectivity index (χ4v) is 4.62. The van der Waals surface area contributed by atoms with Gasteiger partial charge in [0.15, 0.2) is 0 Å². The van der Waals surface area contributed by atoms with E-state index in [-0.39, 0.29) is 5.75 Å². The van der Waals surface area contributed by atoms with Crippen LogP contribution in [0.15, 0.2) is 54.8 Å². The topological polar surface area (TPSA) is 68.3 Å². The van der Waals surface area contributed by atoms with Gasteiger partial charge in [0.2, 0.25) is 4.80 Å². The van der Waals surface area contributed by atoms with E-state index in [1.165, 1.54) is 11.3 Å². The van der Waals surface area contributed by atoms with Crippen molar-refractivity contribution >= 4 is 49.4 Å². The number of aromatic nitrogens is 1. The third kappa shape index (κ3) is 4.16. The SMILES string of the molecule is CN=c1scc(-c2cc(OC)ccc2OC)n1/N=C\c1cc(Br)cc(Br)c1O. The minimum Gasteiger partial charge on any atom is -0.506 e. The van der Waals surface area contributed by atoms with Crippen LogP contribution in [0.4, 0.5) is 0 Å². The lowest BCUT2D eigenvalue weighted by Gasteiger charge is -2.11. The summed E-state index contributed by atoms with van der Waals surface area (Å²) in [5.74, 6) is 1.51. The highest BCUT2D eigenvalue weighted by atomic mass is 79.9. The zero-order valence-corrected chi connectivity index (χ0v) is 19.3. The summed E-state index contributed by atoms with van der Waals surface area (Å²) in [6.07, 6.45) is 1.59. The van der Waals surface area contributed by atoms with Gasteiger partial charge in [-0.1, -0.05) is 15.9 Å². The van der Waals surface area contributed by atoms with E-state index in [4.69, 9.17) is 9.47 Å². The monoisotopic (exact) mass is 525 g/mol. The molecule has 3 rings (SSSR count). The average molecular weight is 527 g/mol. The maximum atomic E-state index is 10.3. The lowest BCUT2D eigenvalue weighted by Crippen LogP contribution is -2.12. The van der Waals surface area contributed by atoms with Gasteiger partial charge in [-0.15, -0.1) is 11.3 Å². The number of phenolic OH excluding ortho intramolecular Hbond substituents is 1. The Labute approximate surface area is 183 Å². The molecule has 9 heteroatoms. The van der Waals surface area contributed by atoms with Gasteiger partial charge in [-0.3, -0.25) is 4.99 Å². The number of hydrogen-bond acceptors (Lipinski definition) is 6. The van der Waals surface area contributed by atoms with Gasteiger partial charge in [0.05, 0.1) is 30.6 Å². The Kier molecular flexibility index (Phi) is 6.58. The van der Waals surface area contributed by atoms with E-state index in [0.717, 1.165) is 15.7 Å². The highest BCUT2D eigenvalue weighted by Crippen LogP contribution is 2.34. The van der Waals surface area contributed by atoms with Crippen molar-refractivity contribution in [3.05, 3.63) is 55.0 Å². The van der Waals surface area contributed by atoms with Crippen molar-refractivity contribution < 1.29 is 14.6 Å². The molecule has 28 heavy (non-hydrogen) atoms. The number of aromatic hydroxyl groups is 1. The summed E-state index contributed by atoms with van der Waals surface area (Å²) in [4.78, 5) is 5.00. The van der Waals surface area contributed by atoms with Crippen LogP contribution in [-0.2, 0) is 0 Å². The number of halogens is 2. The van der Waals surface area contributed by atoms with Crippen molar-refractivity contribution in [1.82, 2.24) is 4.68 Å². The van der Waals surface area contributed by atoms with Crippen LogP contribution in [0.25, 0.3) is 11.3 Å². The van der Waals surface area contributed by atoms with E-state index in [1.807, 2.05) is 23.6 Å². The highest BCUT2D eigenvalue weighted by Gasteiger charge is 2.14. The normalized spacial score (nSPS) is 12.0. The minimum atomic E-state index is 0.110. The summed E-state index contributed by atoms with van der Waals surface area (Å²) >= 11 is 8.21. The summed E-state index contributed by atoms with van der Waals surface area (Å²) in [6, 6.07) is 9.12. The van der Waals surface area contributed by atoms with E-state index in [0.29, 0.717) is 26.3 Å². The van der Waals surface area contributed by atoms with Crippen LogP contribution < -0.4 is 14.3 Å². The van der Waals surface area contributed by atoms with Gasteiger partial charge in [0.25, 0.3) is 0 Å². The lowest BCUT2D eigenvalue weighted by molar-refractivity contribution is 0.404. The number of ether oxygens (including phenoxy) is 2. The van der Waals surface area contributed by atoms with E-state index >= 15 is 0 Å². The molecule has 0 bridgehead atoms. The Morgan fingerprint density at radius 1 is 1.14 bits per heavy atom. The quantitative estimate of drug-likeness (QED) is 0.482. The van der Waals surface area contributed by atoms with E-state index in [1.54, 1.807) is 44.3 Å². The van der Waals surface area contributed by atoms with Gasteiger partial charge in [-0.05, 0) is 46.3 Å². The van der Waals surface area contributed by atoms with Gasteiger partial charge >= 0.3 is 0 Å². The first kappa shape index (κ1) is 20.6. The van der Waals surface area contributed by atoms with Gasteiger partial charge in [0.1, 0.15) is 17.2 Å². The molecule has 0 fully saturated rings. The van der Waals surface area contributed by atoms with E-state index in [2.05, 4.69) is 42.0 Å². The first-order valence-electron chi connectivity index (χ1n) is 8.06. The summed E-state index contributed by atoms with van der Waals surface area (Å²) in [5, 5.41) is 16.8. The zero-order chi connectivity index (χ0) is 20.3. The maximum absolute atomic E-state index is 10.3. The lowest BCUT2D eigenvalue weighted by atomic mass is 10.1. The molecular weight excluding hydrogens is 510 g/mol. The second kappa shape index (κ2) is 8.93. The molecule has 2 aromatic carbocycles. The zero-order valence-electron chi connectivity index (χ0n) is 15.3. The van der Waals surface area contributed by atoms with Crippen molar-refractivity contribution in [2.45, 2.75) is 0 Å². The van der Waals surface area contributed by atoms with Crippen molar-refractivity contribution in [1.29, 1.82) is 0 Å². The number of thiazole rings is 1. The van der Waals surface area contributed by atoms with Crippen molar-refractivity contribution in [2.75, 3.05) is 21.3 Å². The van der Waals surface area contributed by atoms with Crippen LogP contribution in [0.1, 0.15) is 5.56 Å². The Bertz CT molecular complexity index is 1110. The summed E-state index contributed by atoms with van der Waals surface area (Å²) < 4.78 is 14.0. The molecule has 0 saturated heterocycles. The number of hydrogen-bond donors (Lipinski definition) is 1.